The minimum absolute atomic E-state index is 0.0155. The Bertz CT molecular complexity index is 1460. The second-order valence-corrected chi connectivity index (χ2v) is 6.96. The van der Waals surface area contributed by atoms with Crippen LogP contribution in [0.2, 0.25) is 0 Å². The lowest BCUT2D eigenvalue weighted by Crippen LogP contribution is -2.29. The summed E-state index contributed by atoms with van der Waals surface area (Å²) >= 11 is 0. The third-order valence-electron chi connectivity index (χ3n) is 5.01. The van der Waals surface area contributed by atoms with Crippen molar-refractivity contribution in [2.75, 3.05) is 11.1 Å². The number of H-pyrrole nitrogens is 1. The van der Waals surface area contributed by atoms with Crippen LogP contribution in [0.25, 0.3) is 16.7 Å². The van der Waals surface area contributed by atoms with E-state index >= 15 is 0 Å². The molecule has 0 aliphatic carbocycles. The molecule has 0 spiro atoms. The number of aromatic amines is 1. The van der Waals surface area contributed by atoms with Crippen LogP contribution in [-0.4, -0.2) is 29.7 Å². The van der Waals surface area contributed by atoms with Crippen LogP contribution in [0.4, 0.5) is 11.8 Å². The van der Waals surface area contributed by atoms with E-state index in [4.69, 9.17) is 10.7 Å². The second kappa shape index (κ2) is 8.16. The monoisotopic (exact) mass is 426 g/mol. The minimum atomic E-state index is -0.559. The lowest BCUT2D eigenvalue weighted by molar-refractivity contribution is 0.652. The molecule has 1 atom stereocenters. The van der Waals surface area contributed by atoms with Crippen molar-refractivity contribution in [1.82, 2.24) is 29.7 Å². The molecule has 0 amide bonds. The molecule has 0 aliphatic rings. The van der Waals surface area contributed by atoms with E-state index in [1.807, 2.05) is 6.92 Å². The summed E-state index contributed by atoms with van der Waals surface area (Å²) in [7, 11) is 0. The normalized spacial score (nSPS) is 11.6. The summed E-state index contributed by atoms with van der Waals surface area (Å²) in [5, 5.41) is 29.4. The molecule has 3 heterocycles. The van der Waals surface area contributed by atoms with Crippen LogP contribution in [0.1, 0.15) is 42.0 Å². The van der Waals surface area contributed by atoms with Crippen LogP contribution in [0.5, 0.6) is 0 Å². The molecular weight excluding hydrogens is 408 g/mol. The molecule has 0 saturated heterocycles. The molecule has 158 valence electrons. The average molecular weight is 426 g/mol. The van der Waals surface area contributed by atoms with Gasteiger partial charge >= 0.3 is 0 Å². The van der Waals surface area contributed by atoms with Crippen LogP contribution < -0.4 is 16.6 Å². The van der Waals surface area contributed by atoms with Gasteiger partial charge < -0.3 is 11.1 Å². The fourth-order valence-electron chi connectivity index (χ4n) is 3.50. The highest BCUT2D eigenvalue weighted by Gasteiger charge is 2.24. The molecule has 0 radical (unpaired) electrons. The topological polar surface area (TPSA) is 175 Å². The van der Waals surface area contributed by atoms with Gasteiger partial charge in [0.05, 0.1) is 28.2 Å². The Kier molecular flexibility index (Phi) is 5.23. The zero-order chi connectivity index (χ0) is 22.8. The Balaban J connectivity index is 1.98. The van der Waals surface area contributed by atoms with Gasteiger partial charge in [0.15, 0.2) is 5.82 Å². The maximum Gasteiger partial charge on any atom is 0.267 e. The molecule has 32 heavy (non-hydrogen) atoms. The van der Waals surface area contributed by atoms with E-state index in [2.05, 4.69) is 37.6 Å². The first kappa shape index (κ1) is 20.5. The van der Waals surface area contributed by atoms with Gasteiger partial charge in [0, 0.05) is 12.3 Å². The summed E-state index contributed by atoms with van der Waals surface area (Å²) in [6.45, 7) is 3.55. The van der Waals surface area contributed by atoms with E-state index in [-0.39, 0.29) is 28.5 Å². The molecule has 4 N–H and O–H groups in total. The van der Waals surface area contributed by atoms with Gasteiger partial charge in [0.25, 0.3) is 5.56 Å². The number of nitriles is 2. The van der Waals surface area contributed by atoms with Crippen LogP contribution in [-0.2, 0) is 0 Å². The van der Waals surface area contributed by atoms with E-state index in [1.165, 1.54) is 4.57 Å². The van der Waals surface area contributed by atoms with Gasteiger partial charge in [-0.3, -0.25) is 9.89 Å². The van der Waals surface area contributed by atoms with Gasteiger partial charge in [-0.25, -0.2) is 14.5 Å². The highest BCUT2D eigenvalue weighted by atomic mass is 16.1. The third-order valence-corrected chi connectivity index (χ3v) is 5.01. The van der Waals surface area contributed by atoms with Crippen LogP contribution in [0.15, 0.2) is 35.3 Å². The number of aromatic nitrogens is 6. The van der Waals surface area contributed by atoms with Crippen molar-refractivity contribution in [3.05, 3.63) is 63.5 Å². The smallest absolute Gasteiger partial charge is 0.267 e. The van der Waals surface area contributed by atoms with Crippen LogP contribution >= 0.6 is 0 Å². The number of nitrogens with zero attached hydrogens (tertiary/aromatic N) is 7. The molecule has 11 heteroatoms. The third kappa shape index (κ3) is 3.38. The maximum absolute atomic E-state index is 13.5. The van der Waals surface area contributed by atoms with Gasteiger partial charge in [-0.15, -0.1) is 0 Å². The molecule has 4 rings (SSSR count). The SMILES string of the molecule is CCC(Nc1nc(N)nc(C)c1C#N)c1nc2c(C#N)cccc2c(=O)n1-c1cc[nH]n1. The molecule has 0 bridgehead atoms. The second-order valence-electron chi connectivity index (χ2n) is 6.96. The predicted molar refractivity (Wildman–Crippen MR) is 117 cm³/mol. The molecular formula is C21H18N10O. The Morgan fingerprint density at radius 1 is 1.22 bits per heavy atom. The largest absolute Gasteiger partial charge is 0.368 e. The van der Waals surface area contributed by atoms with Crippen molar-refractivity contribution in [1.29, 1.82) is 10.5 Å². The van der Waals surface area contributed by atoms with Gasteiger partial charge in [-0.05, 0) is 25.5 Å². The van der Waals surface area contributed by atoms with Gasteiger partial charge in [0.1, 0.15) is 29.3 Å². The van der Waals surface area contributed by atoms with E-state index in [9.17, 15) is 15.3 Å². The Hall–Kier alpha value is -4.77. The first-order valence-corrected chi connectivity index (χ1v) is 9.75. The van der Waals surface area contributed by atoms with Gasteiger partial charge in [0.2, 0.25) is 5.95 Å². The highest BCUT2D eigenvalue weighted by Crippen LogP contribution is 2.26. The number of hydrogen-bond acceptors (Lipinski definition) is 9. The van der Waals surface area contributed by atoms with Crippen molar-refractivity contribution in [2.45, 2.75) is 26.3 Å². The van der Waals surface area contributed by atoms with E-state index in [0.717, 1.165) is 0 Å². The number of para-hydroxylation sites is 1. The summed E-state index contributed by atoms with van der Waals surface area (Å²) in [5.41, 5.74) is 6.67. The highest BCUT2D eigenvalue weighted by molar-refractivity contribution is 5.83. The Morgan fingerprint density at radius 3 is 2.69 bits per heavy atom. The van der Waals surface area contributed by atoms with Gasteiger partial charge in [-0.2, -0.15) is 20.6 Å². The first-order chi connectivity index (χ1) is 15.5. The lowest BCUT2D eigenvalue weighted by atomic mass is 10.1. The molecule has 1 unspecified atom stereocenters. The summed E-state index contributed by atoms with van der Waals surface area (Å²) in [6, 6.07) is 10.1. The number of anilines is 2. The standard InChI is InChI=1S/C21H18N10O/c1-3-15(27-18-14(10-23)11(2)26-21(24)29-18)19-28-17-12(9-22)5-4-6-13(17)20(32)31(19)16-7-8-25-30-16/h4-8,15H,3H2,1-2H3,(H,25,30)(H3,24,26,27,29). The quantitative estimate of drug-likeness (QED) is 0.431. The number of aryl methyl sites for hydroxylation is 1. The molecule has 0 aliphatic heterocycles. The van der Waals surface area contributed by atoms with Crippen molar-refractivity contribution in [2.24, 2.45) is 0 Å². The number of benzene rings is 1. The minimum Gasteiger partial charge on any atom is -0.368 e. The van der Waals surface area contributed by atoms with E-state index in [1.54, 1.807) is 37.4 Å². The van der Waals surface area contributed by atoms with E-state index in [0.29, 0.717) is 34.7 Å². The average Bonchev–Trinajstić information content (AvgIpc) is 3.31. The fourth-order valence-corrected chi connectivity index (χ4v) is 3.50. The molecule has 0 fully saturated rings. The van der Waals surface area contributed by atoms with Crippen molar-refractivity contribution in [3.63, 3.8) is 0 Å². The molecule has 11 nitrogen and oxygen atoms in total. The Morgan fingerprint density at radius 2 is 2.03 bits per heavy atom. The Labute approximate surface area is 182 Å². The zero-order valence-electron chi connectivity index (χ0n) is 17.3. The summed E-state index contributed by atoms with van der Waals surface area (Å²) in [4.78, 5) is 26.4. The lowest BCUT2D eigenvalue weighted by Gasteiger charge is -2.22. The number of nitrogens with one attached hydrogen (secondary N) is 2. The number of nitrogens with two attached hydrogens (primary N) is 1. The zero-order valence-corrected chi connectivity index (χ0v) is 17.3. The van der Waals surface area contributed by atoms with E-state index < -0.39 is 6.04 Å². The van der Waals surface area contributed by atoms with Crippen molar-refractivity contribution in [3.8, 4) is 18.0 Å². The first-order valence-electron chi connectivity index (χ1n) is 9.75. The molecule has 1 aromatic carbocycles. The fraction of sp³-hybridized carbons (Fsp3) is 0.190. The maximum atomic E-state index is 13.5. The summed E-state index contributed by atoms with van der Waals surface area (Å²) < 4.78 is 1.38. The predicted octanol–water partition coefficient (Wildman–Crippen LogP) is 2.10. The molecule has 3 aromatic heterocycles. The van der Waals surface area contributed by atoms with Crippen LogP contribution in [0.3, 0.4) is 0 Å². The van der Waals surface area contributed by atoms with Gasteiger partial charge in [-0.1, -0.05) is 13.0 Å². The van der Waals surface area contributed by atoms with Crippen molar-refractivity contribution < 1.29 is 0 Å². The number of fused-ring (bicyclic) bond motifs is 1. The number of nitrogen functional groups attached to an aromatic ring is 1. The van der Waals surface area contributed by atoms with Crippen molar-refractivity contribution >= 4 is 22.7 Å². The molecule has 4 aromatic rings. The van der Waals surface area contributed by atoms with Crippen LogP contribution in [0, 0.1) is 29.6 Å². The molecule has 0 saturated carbocycles. The number of rotatable bonds is 5. The summed E-state index contributed by atoms with van der Waals surface area (Å²) in [5.74, 6) is 0.919. The number of hydrogen-bond donors (Lipinski definition) is 3. The summed E-state index contributed by atoms with van der Waals surface area (Å²) in [6.07, 6.45) is 2.07.